The smallest absolute Gasteiger partial charge is 0.229 e. The van der Waals surface area contributed by atoms with Crippen LogP contribution in [0.4, 0.5) is 0 Å². The lowest BCUT2D eigenvalue weighted by atomic mass is 9.36. The predicted molar refractivity (Wildman–Crippen MR) is 81.9 cm³/mol. The first-order valence-electron chi connectivity index (χ1n) is 8.63. The second-order valence-electron chi connectivity index (χ2n) is 9.68. The Morgan fingerprint density at radius 3 is 1.67 bits per heavy atom. The Bertz CT molecular complexity index is 426. The average molecular weight is 291 g/mol. The summed E-state index contributed by atoms with van der Waals surface area (Å²) >= 11 is 0. The van der Waals surface area contributed by atoms with Crippen LogP contribution in [0.15, 0.2) is 0 Å². The summed E-state index contributed by atoms with van der Waals surface area (Å²) < 4.78 is 5.43. The van der Waals surface area contributed by atoms with Crippen LogP contribution in [0.1, 0.15) is 59.3 Å². The van der Waals surface area contributed by atoms with Crippen molar-refractivity contribution in [3.63, 3.8) is 0 Å². The summed E-state index contributed by atoms with van der Waals surface area (Å²) in [6.45, 7) is 10.4. The van der Waals surface area contributed by atoms with E-state index < -0.39 is 0 Å². The summed E-state index contributed by atoms with van der Waals surface area (Å²) in [6, 6.07) is 0. The zero-order valence-electron chi connectivity index (χ0n) is 13.8. The van der Waals surface area contributed by atoms with Crippen LogP contribution in [0, 0.1) is 21.7 Å². The second-order valence-corrected chi connectivity index (χ2v) is 9.68. The van der Waals surface area contributed by atoms with Crippen LogP contribution in [0.3, 0.4) is 0 Å². The zero-order chi connectivity index (χ0) is 14.9. The fourth-order valence-corrected chi connectivity index (χ4v) is 7.62. The van der Waals surface area contributed by atoms with E-state index in [2.05, 4.69) is 25.7 Å². The minimum atomic E-state index is -0.0651. The first kappa shape index (κ1) is 14.0. The summed E-state index contributed by atoms with van der Waals surface area (Å²) in [5.41, 5.74) is 1.10. The van der Waals surface area contributed by atoms with Crippen molar-refractivity contribution in [1.29, 1.82) is 0 Å². The van der Waals surface area contributed by atoms with Gasteiger partial charge in [0.25, 0.3) is 0 Å². The quantitative estimate of drug-likeness (QED) is 0.742. The molecule has 0 N–H and O–H groups in total. The van der Waals surface area contributed by atoms with Crippen LogP contribution in [0.5, 0.6) is 0 Å². The number of ether oxygens (including phenoxy) is 1. The zero-order valence-corrected chi connectivity index (χ0v) is 13.8. The molecule has 118 valence electrons. The summed E-state index contributed by atoms with van der Waals surface area (Å²) in [5.74, 6) is 0.452. The molecule has 0 spiro atoms. The molecule has 1 aliphatic heterocycles. The molecule has 0 aromatic rings. The fraction of sp³-hybridized carbons (Fsp3) is 0.944. The molecule has 1 heterocycles. The van der Waals surface area contributed by atoms with Gasteiger partial charge in [0.2, 0.25) is 5.91 Å². The Balaban J connectivity index is 1.69. The minimum Gasteiger partial charge on any atom is -0.378 e. The number of amides is 1. The number of morpholine rings is 1. The number of carbonyl (C=O) groups is 1. The molecule has 4 bridgehead atoms. The molecule has 5 fully saturated rings. The lowest BCUT2D eigenvalue weighted by Crippen LogP contribution is -2.63. The summed E-state index contributed by atoms with van der Waals surface area (Å²) in [6.07, 6.45) is 7.36. The molecule has 1 amide bonds. The maximum atomic E-state index is 13.3. The van der Waals surface area contributed by atoms with Crippen LogP contribution in [0.25, 0.3) is 0 Å². The van der Waals surface area contributed by atoms with E-state index in [0.717, 1.165) is 32.4 Å². The van der Waals surface area contributed by atoms with Crippen LogP contribution in [-0.2, 0) is 9.53 Å². The van der Waals surface area contributed by atoms with E-state index >= 15 is 0 Å². The average Bonchev–Trinajstić information content (AvgIpc) is 2.33. The van der Waals surface area contributed by atoms with E-state index in [0.29, 0.717) is 35.4 Å². The number of hydrogen-bond donors (Lipinski definition) is 0. The molecule has 0 aromatic heterocycles. The third-order valence-corrected chi connectivity index (χ3v) is 6.61. The SMILES string of the molecule is CC12CC3(C)CC(C)(C1)CC(C(=O)N1CCOCC1)(C2)C3. The van der Waals surface area contributed by atoms with Crippen molar-refractivity contribution < 1.29 is 9.53 Å². The highest BCUT2D eigenvalue weighted by atomic mass is 16.5. The van der Waals surface area contributed by atoms with Gasteiger partial charge in [0.1, 0.15) is 0 Å². The summed E-state index contributed by atoms with van der Waals surface area (Å²) in [4.78, 5) is 15.5. The first-order chi connectivity index (χ1) is 9.76. The van der Waals surface area contributed by atoms with Gasteiger partial charge in [-0.05, 0) is 54.8 Å². The number of nitrogens with zero attached hydrogens (tertiary/aromatic N) is 1. The Morgan fingerprint density at radius 2 is 1.24 bits per heavy atom. The number of carbonyl (C=O) groups excluding carboxylic acids is 1. The van der Waals surface area contributed by atoms with Crippen molar-refractivity contribution in [2.75, 3.05) is 26.3 Å². The molecule has 5 aliphatic rings. The maximum absolute atomic E-state index is 13.3. The van der Waals surface area contributed by atoms with Gasteiger partial charge < -0.3 is 9.64 Å². The highest BCUT2D eigenvalue weighted by molar-refractivity contribution is 5.83. The largest absolute Gasteiger partial charge is 0.378 e. The third kappa shape index (κ3) is 2.07. The van der Waals surface area contributed by atoms with E-state index in [9.17, 15) is 4.79 Å². The van der Waals surface area contributed by atoms with Crippen LogP contribution < -0.4 is 0 Å². The lowest BCUT2D eigenvalue weighted by Gasteiger charge is -2.68. The van der Waals surface area contributed by atoms with Gasteiger partial charge in [-0.25, -0.2) is 0 Å². The highest BCUT2D eigenvalue weighted by Gasteiger charge is 2.66. The molecule has 5 rings (SSSR count). The Labute approximate surface area is 128 Å². The molecule has 0 unspecified atom stereocenters. The predicted octanol–water partition coefficient (Wildman–Crippen LogP) is 3.23. The van der Waals surface area contributed by atoms with E-state index in [1.165, 1.54) is 19.3 Å². The molecular formula is C18H29NO2. The third-order valence-electron chi connectivity index (χ3n) is 6.61. The van der Waals surface area contributed by atoms with Gasteiger partial charge in [-0.15, -0.1) is 0 Å². The second kappa shape index (κ2) is 4.04. The van der Waals surface area contributed by atoms with Gasteiger partial charge in [-0.1, -0.05) is 20.8 Å². The van der Waals surface area contributed by atoms with Crippen molar-refractivity contribution in [1.82, 2.24) is 4.90 Å². The van der Waals surface area contributed by atoms with Crippen LogP contribution in [-0.4, -0.2) is 37.1 Å². The number of hydrogen-bond acceptors (Lipinski definition) is 2. The van der Waals surface area contributed by atoms with Crippen LogP contribution in [0.2, 0.25) is 0 Å². The van der Waals surface area contributed by atoms with Crippen molar-refractivity contribution in [2.45, 2.75) is 59.3 Å². The van der Waals surface area contributed by atoms with Crippen molar-refractivity contribution in [2.24, 2.45) is 21.7 Å². The molecule has 21 heavy (non-hydrogen) atoms. The van der Waals surface area contributed by atoms with Gasteiger partial charge in [0.05, 0.1) is 18.6 Å². The molecule has 3 nitrogen and oxygen atoms in total. The van der Waals surface area contributed by atoms with E-state index in [-0.39, 0.29) is 5.41 Å². The van der Waals surface area contributed by atoms with E-state index in [4.69, 9.17) is 4.74 Å². The summed E-state index contributed by atoms with van der Waals surface area (Å²) in [5, 5.41) is 0. The fourth-order valence-electron chi connectivity index (χ4n) is 7.62. The topological polar surface area (TPSA) is 29.5 Å². The Kier molecular flexibility index (Phi) is 2.70. The van der Waals surface area contributed by atoms with Gasteiger partial charge in [0.15, 0.2) is 0 Å². The molecule has 4 aliphatic carbocycles. The standard InChI is InChI=1S/C18H29NO2/c1-15-8-16(2)10-17(3,9-15)13-18(11-15,12-16)14(20)19-4-6-21-7-5-19/h4-13H2,1-3H3. The van der Waals surface area contributed by atoms with E-state index in [1.54, 1.807) is 0 Å². The molecular weight excluding hydrogens is 262 g/mol. The minimum absolute atomic E-state index is 0.0651. The molecule has 4 saturated carbocycles. The molecule has 0 atom stereocenters. The monoisotopic (exact) mass is 291 g/mol. The highest BCUT2D eigenvalue weighted by Crippen LogP contribution is 2.73. The van der Waals surface area contributed by atoms with Crippen molar-refractivity contribution in [3.8, 4) is 0 Å². The maximum Gasteiger partial charge on any atom is 0.229 e. The van der Waals surface area contributed by atoms with Crippen molar-refractivity contribution in [3.05, 3.63) is 0 Å². The Hall–Kier alpha value is -0.570. The van der Waals surface area contributed by atoms with Gasteiger partial charge in [-0.3, -0.25) is 4.79 Å². The summed E-state index contributed by atoms with van der Waals surface area (Å²) in [7, 11) is 0. The van der Waals surface area contributed by atoms with Gasteiger partial charge >= 0.3 is 0 Å². The van der Waals surface area contributed by atoms with Gasteiger partial charge in [0, 0.05) is 13.1 Å². The molecule has 3 heteroatoms. The van der Waals surface area contributed by atoms with Crippen molar-refractivity contribution >= 4 is 5.91 Å². The molecule has 1 saturated heterocycles. The normalized spacial score (nSPS) is 52.2. The first-order valence-corrected chi connectivity index (χ1v) is 8.63. The lowest BCUT2D eigenvalue weighted by molar-refractivity contribution is -0.201. The van der Waals surface area contributed by atoms with Crippen LogP contribution >= 0.6 is 0 Å². The Morgan fingerprint density at radius 1 is 0.810 bits per heavy atom. The molecule has 0 radical (unpaired) electrons. The molecule has 0 aromatic carbocycles. The van der Waals surface area contributed by atoms with E-state index in [1.807, 2.05) is 0 Å². The van der Waals surface area contributed by atoms with Gasteiger partial charge in [-0.2, -0.15) is 0 Å². The number of rotatable bonds is 1.